The van der Waals surface area contributed by atoms with Crippen LogP contribution in [0.2, 0.25) is 0 Å². The minimum Gasteiger partial charge on any atom is -0.456 e. The zero-order valence-corrected chi connectivity index (χ0v) is 33.3. The van der Waals surface area contributed by atoms with E-state index in [0.717, 1.165) is 0 Å². The molecule has 242 valence electrons. The minimum absolute atomic E-state index is 0.0913. The standard InChI is InChI=1S/C44H6B18O/c45-27-13(19-15-17-23(33(51)29(19)47)39(57)43(61)41(59)25(17)37(55)35(53)21(15)31(27)49)7-1-3-11-9(5-7)10-6-8(2-4-12(10)63-11)14-20-16-18-24(34(52)30(20)48)40(58)44(62)42(60)26(18)38(56)36(54)22(16)32(50)28(14)46/h1-6H. The van der Waals surface area contributed by atoms with E-state index in [1.54, 1.807) is 0 Å². The van der Waals surface area contributed by atoms with Crippen molar-refractivity contribution < 1.29 is 4.42 Å². The van der Waals surface area contributed by atoms with Gasteiger partial charge in [0.25, 0.3) is 0 Å². The lowest BCUT2D eigenvalue weighted by Crippen LogP contribution is -2.48. The molecule has 0 bridgehead atoms. The summed E-state index contributed by atoms with van der Waals surface area (Å²) < 4.78 is 6.38. The van der Waals surface area contributed by atoms with Crippen LogP contribution in [0.5, 0.6) is 0 Å². The topological polar surface area (TPSA) is 13.1 Å². The molecule has 19 heteroatoms. The summed E-state index contributed by atoms with van der Waals surface area (Å²) in [5.41, 5.74) is 5.89. The summed E-state index contributed by atoms with van der Waals surface area (Å²) in [6, 6.07) is 11.1. The van der Waals surface area contributed by atoms with Crippen LogP contribution in [0.25, 0.3) is 109 Å². The van der Waals surface area contributed by atoms with E-state index in [1.807, 2.05) is 36.4 Å². The van der Waals surface area contributed by atoms with Crippen molar-refractivity contribution in [3.63, 3.8) is 0 Å². The van der Waals surface area contributed by atoms with E-state index in [0.29, 0.717) is 109 Å². The van der Waals surface area contributed by atoms with Gasteiger partial charge < -0.3 is 4.42 Å². The van der Waals surface area contributed by atoms with Gasteiger partial charge in [-0.15, -0.1) is 10.9 Å². The van der Waals surface area contributed by atoms with Gasteiger partial charge in [-0.3, -0.25) is 0 Å². The molecule has 0 saturated heterocycles. The van der Waals surface area contributed by atoms with Crippen LogP contribution in [0.15, 0.2) is 40.8 Å². The van der Waals surface area contributed by atoms with Crippen LogP contribution in [-0.4, -0.2) is 141 Å². The molecule has 0 aliphatic rings. The summed E-state index contributed by atoms with van der Waals surface area (Å²) in [5.74, 6) is 0. The van der Waals surface area contributed by atoms with Gasteiger partial charge in [0.2, 0.25) is 0 Å². The Kier molecular flexibility index (Phi) is 8.72. The average molecular weight is 745 g/mol. The second kappa shape index (κ2) is 13.4. The summed E-state index contributed by atoms with van der Waals surface area (Å²) in [6.45, 7) is 0. The highest BCUT2D eigenvalue weighted by Gasteiger charge is 2.27. The molecule has 63 heavy (non-hydrogen) atoms. The van der Waals surface area contributed by atoms with Gasteiger partial charge in [-0.05, 0) is 111 Å². The Morgan fingerprint density at radius 3 is 0.730 bits per heavy atom. The summed E-state index contributed by atoms with van der Waals surface area (Å²) in [6.07, 6.45) is 0. The summed E-state index contributed by atoms with van der Waals surface area (Å²) in [4.78, 5) is 0. The van der Waals surface area contributed by atoms with E-state index in [4.69, 9.17) is 146 Å². The number of hydrogen-bond donors (Lipinski definition) is 0. The maximum atomic E-state index is 6.96. The van der Waals surface area contributed by atoms with Crippen LogP contribution in [0, 0.1) is 0 Å². The number of benzene rings is 10. The fourth-order valence-electron chi connectivity index (χ4n) is 10.2. The van der Waals surface area contributed by atoms with Gasteiger partial charge in [-0.2, -0.15) is 0 Å². The van der Waals surface area contributed by atoms with Crippen LogP contribution in [0.3, 0.4) is 0 Å². The van der Waals surface area contributed by atoms with Gasteiger partial charge in [0.15, 0.2) is 0 Å². The lowest BCUT2D eigenvalue weighted by atomic mass is 9.58. The quantitative estimate of drug-likeness (QED) is 0.127. The van der Waals surface area contributed by atoms with Gasteiger partial charge in [-0.1, -0.05) is 99.5 Å². The molecule has 0 fully saturated rings. The molecule has 11 aromatic rings. The molecular formula is C44H6B18O. The summed E-state index contributed by atoms with van der Waals surface area (Å²) >= 11 is 0. The molecule has 0 aliphatic heterocycles. The predicted octanol–water partition coefficient (Wildman–Crippen LogP) is -9.00. The molecule has 1 aromatic heterocycles. The number of fused-ring (bicyclic) bond motifs is 3. The maximum absolute atomic E-state index is 6.96. The first-order valence-corrected chi connectivity index (χ1v) is 19.3. The molecule has 0 spiro atoms. The largest absolute Gasteiger partial charge is 0.456 e. The Balaban J connectivity index is 1.23. The van der Waals surface area contributed by atoms with Gasteiger partial charge in [0.05, 0.1) is 0 Å². The van der Waals surface area contributed by atoms with Crippen molar-refractivity contribution in [2.24, 2.45) is 0 Å². The highest BCUT2D eigenvalue weighted by molar-refractivity contribution is 6.77. The van der Waals surface area contributed by atoms with E-state index >= 15 is 0 Å². The van der Waals surface area contributed by atoms with Crippen molar-refractivity contribution in [1.29, 1.82) is 0 Å². The van der Waals surface area contributed by atoms with E-state index in [1.165, 1.54) is 0 Å². The molecule has 36 radical (unpaired) electrons. The van der Waals surface area contributed by atoms with E-state index < -0.39 is 0 Å². The zero-order valence-electron chi connectivity index (χ0n) is 33.3. The molecular weight excluding hydrogens is 739 g/mol. The molecule has 1 nitrogen and oxygen atoms in total. The molecule has 1 heterocycles. The first kappa shape index (κ1) is 41.0. The Morgan fingerprint density at radius 1 is 0.222 bits per heavy atom. The molecule has 0 unspecified atom stereocenters. The van der Waals surface area contributed by atoms with E-state index in [2.05, 4.69) is 0 Å². The maximum Gasteiger partial charge on any atom is 0.135 e. The third-order valence-electron chi connectivity index (χ3n) is 13.3. The van der Waals surface area contributed by atoms with Crippen LogP contribution in [0.4, 0.5) is 0 Å². The monoisotopic (exact) mass is 748 g/mol. The van der Waals surface area contributed by atoms with Gasteiger partial charge >= 0.3 is 0 Å². The third kappa shape index (κ3) is 4.88. The van der Waals surface area contributed by atoms with Gasteiger partial charge in [0, 0.05) is 10.8 Å². The number of hydrogen-bond acceptors (Lipinski definition) is 1. The number of rotatable bonds is 2. The molecule has 0 N–H and O–H groups in total. The smallest absolute Gasteiger partial charge is 0.135 e. The van der Waals surface area contributed by atoms with E-state index in [9.17, 15) is 0 Å². The minimum atomic E-state index is 0.0913. The average Bonchev–Trinajstić information content (AvgIpc) is 3.62. The van der Waals surface area contributed by atoms with Crippen molar-refractivity contribution in [1.82, 2.24) is 0 Å². The fraction of sp³-hybridized carbons (Fsp3) is 0. The summed E-state index contributed by atoms with van der Waals surface area (Å²) in [5, 5.41) is 6.56. The molecule has 0 amide bonds. The van der Waals surface area contributed by atoms with Crippen molar-refractivity contribution >= 4 is 326 Å². The molecule has 11 rings (SSSR count). The Labute approximate surface area is 386 Å². The second-order valence-electron chi connectivity index (χ2n) is 16.2. The molecule has 10 aromatic carbocycles. The van der Waals surface area contributed by atoms with Crippen molar-refractivity contribution in [2.75, 3.05) is 0 Å². The SMILES string of the molecule is [B]c1c([B])c2c([B])c([B])c3c([B])c([B])c(-c4ccc5oc6ccc(-c7c([B])c([B])c8c([B])c([B])c9c([B])c([B])c([B])c%10c([B])c([B])c7c8c9%10)cc6c5c4)c4c([B])c([B])c(c1[B])c2c34. The van der Waals surface area contributed by atoms with Crippen LogP contribution >= 0.6 is 0 Å². The molecule has 0 aliphatic carbocycles. The lowest BCUT2D eigenvalue weighted by Gasteiger charge is -2.29. The van der Waals surface area contributed by atoms with Crippen molar-refractivity contribution in [3.05, 3.63) is 36.4 Å². The predicted molar refractivity (Wildman–Crippen MR) is 289 cm³/mol. The third-order valence-corrected chi connectivity index (χ3v) is 13.3. The lowest BCUT2D eigenvalue weighted by molar-refractivity contribution is 0.669. The van der Waals surface area contributed by atoms with Crippen LogP contribution in [0.1, 0.15) is 0 Å². The van der Waals surface area contributed by atoms with Crippen LogP contribution < -0.4 is 98.3 Å². The first-order valence-electron chi connectivity index (χ1n) is 19.3. The van der Waals surface area contributed by atoms with E-state index in [-0.39, 0.29) is 98.3 Å². The first-order chi connectivity index (χ1) is 29.8. The summed E-state index contributed by atoms with van der Waals surface area (Å²) in [7, 11) is 121. The van der Waals surface area contributed by atoms with Crippen LogP contribution in [-0.2, 0) is 0 Å². The fourth-order valence-corrected chi connectivity index (χ4v) is 10.2. The van der Waals surface area contributed by atoms with Gasteiger partial charge in [0.1, 0.15) is 152 Å². The molecule has 0 atom stereocenters. The Hall–Kier alpha value is -4.75. The molecule has 0 saturated carbocycles. The second-order valence-corrected chi connectivity index (χ2v) is 16.2. The zero-order chi connectivity index (χ0) is 44.9. The normalized spacial score (nSPS) is 12.3. The number of furan rings is 1. The Bertz CT molecular complexity index is 3700. The Morgan fingerprint density at radius 2 is 0.444 bits per heavy atom. The van der Waals surface area contributed by atoms with Crippen molar-refractivity contribution in [3.8, 4) is 22.3 Å². The van der Waals surface area contributed by atoms with Gasteiger partial charge in [-0.25, -0.2) is 0 Å². The van der Waals surface area contributed by atoms with Crippen molar-refractivity contribution in [2.45, 2.75) is 0 Å². The highest BCUT2D eigenvalue weighted by atomic mass is 16.3. The highest BCUT2D eigenvalue weighted by Crippen LogP contribution is 2.40.